The van der Waals surface area contributed by atoms with Crippen molar-refractivity contribution < 1.29 is 9.59 Å². The van der Waals surface area contributed by atoms with Crippen molar-refractivity contribution in [2.45, 2.75) is 0 Å². The van der Waals surface area contributed by atoms with Crippen molar-refractivity contribution in [2.24, 2.45) is 0 Å². The van der Waals surface area contributed by atoms with Crippen LogP contribution in [0.25, 0.3) is 6.08 Å². The molecule has 126 valence electrons. The zero-order valence-corrected chi connectivity index (χ0v) is 16.5. The summed E-state index contributed by atoms with van der Waals surface area (Å²) in [6, 6.07) is 14.0. The molecule has 0 radical (unpaired) electrons. The lowest BCUT2D eigenvalue weighted by Crippen LogP contribution is -2.44. The van der Waals surface area contributed by atoms with E-state index in [9.17, 15) is 9.59 Å². The van der Waals surface area contributed by atoms with Gasteiger partial charge in [0.25, 0.3) is 11.8 Å². The molecule has 25 heavy (non-hydrogen) atoms. The Labute approximate surface area is 167 Å². The summed E-state index contributed by atoms with van der Waals surface area (Å²) >= 11 is 15.7. The molecule has 1 N–H and O–H groups in total. The van der Waals surface area contributed by atoms with Gasteiger partial charge in [0, 0.05) is 15.1 Å². The molecular weight excluding hydrogens is 444 g/mol. The molecule has 0 aliphatic carbocycles. The number of benzene rings is 2. The van der Waals surface area contributed by atoms with Crippen LogP contribution in [0.2, 0.25) is 5.02 Å². The third-order valence-electron chi connectivity index (χ3n) is 3.31. The van der Waals surface area contributed by atoms with E-state index in [1.54, 1.807) is 42.5 Å². The number of hydrazine groups is 1. The summed E-state index contributed by atoms with van der Waals surface area (Å²) in [5, 5.41) is 1.61. The molecule has 1 aliphatic heterocycles. The topological polar surface area (TPSA) is 49.4 Å². The Kier molecular flexibility index (Phi) is 5.58. The van der Waals surface area contributed by atoms with E-state index >= 15 is 0 Å². The second kappa shape index (κ2) is 7.70. The number of halogens is 2. The summed E-state index contributed by atoms with van der Waals surface area (Å²) < 4.78 is 1.12. The van der Waals surface area contributed by atoms with Crippen LogP contribution < -0.4 is 5.43 Å². The minimum absolute atomic E-state index is 0.258. The third kappa shape index (κ3) is 4.12. The lowest BCUT2D eigenvalue weighted by atomic mass is 10.2. The minimum atomic E-state index is -0.414. The summed E-state index contributed by atoms with van der Waals surface area (Å²) in [4.78, 5) is 25.2. The van der Waals surface area contributed by atoms with Crippen molar-refractivity contribution in [1.29, 1.82) is 0 Å². The van der Waals surface area contributed by atoms with E-state index in [2.05, 4.69) is 21.4 Å². The fraction of sp³-hybridized carbons (Fsp3) is 0. The maximum absolute atomic E-state index is 12.5. The molecule has 0 spiro atoms. The number of amides is 2. The van der Waals surface area contributed by atoms with Crippen molar-refractivity contribution in [3.05, 3.63) is 74.1 Å². The number of nitrogens with one attached hydrogen (secondary N) is 1. The molecule has 4 nitrogen and oxygen atoms in total. The third-order valence-corrected chi connectivity index (χ3v) is 5.48. The van der Waals surface area contributed by atoms with Gasteiger partial charge in [-0.3, -0.25) is 15.0 Å². The van der Waals surface area contributed by atoms with Crippen LogP contribution in [0.15, 0.2) is 57.9 Å². The van der Waals surface area contributed by atoms with Gasteiger partial charge in [0.1, 0.15) is 0 Å². The standard InChI is InChI=1S/C17H10BrClN2O2S2/c18-12-7-5-10(6-8-12)15(22)20-21-16(23)14(25-17(21)24)9-11-3-1-2-4-13(11)19/h1-9H,(H,20,22). The van der Waals surface area contributed by atoms with Gasteiger partial charge in [-0.05, 0) is 54.2 Å². The first kappa shape index (κ1) is 18.1. The van der Waals surface area contributed by atoms with E-state index in [1.807, 2.05) is 12.1 Å². The highest BCUT2D eigenvalue weighted by molar-refractivity contribution is 9.10. The molecule has 8 heteroatoms. The van der Waals surface area contributed by atoms with Gasteiger partial charge in [-0.15, -0.1) is 0 Å². The summed E-state index contributed by atoms with van der Waals surface area (Å²) in [7, 11) is 0. The van der Waals surface area contributed by atoms with Crippen LogP contribution in [0.3, 0.4) is 0 Å². The van der Waals surface area contributed by atoms with E-state index in [-0.39, 0.29) is 10.2 Å². The molecule has 1 aliphatic rings. The number of carbonyl (C=O) groups is 2. The fourth-order valence-electron chi connectivity index (χ4n) is 2.06. The summed E-state index contributed by atoms with van der Waals surface area (Å²) in [6.45, 7) is 0. The van der Waals surface area contributed by atoms with Crippen LogP contribution in [0.5, 0.6) is 0 Å². The molecule has 0 aromatic heterocycles. The molecule has 1 heterocycles. The summed E-state index contributed by atoms with van der Waals surface area (Å²) in [6.07, 6.45) is 1.66. The highest BCUT2D eigenvalue weighted by Crippen LogP contribution is 2.32. The molecular formula is C17H10BrClN2O2S2. The Morgan fingerprint density at radius 2 is 1.88 bits per heavy atom. The largest absolute Gasteiger partial charge is 0.285 e. The Morgan fingerprint density at radius 3 is 2.56 bits per heavy atom. The average Bonchev–Trinajstić information content (AvgIpc) is 2.85. The van der Waals surface area contributed by atoms with E-state index in [0.29, 0.717) is 21.1 Å². The van der Waals surface area contributed by atoms with E-state index in [0.717, 1.165) is 21.2 Å². The second-order valence-electron chi connectivity index (χ2n) is 4.99. The Balaban J connectivity index is 1.79. The van der Waals surface area contributed by atoms with E-state index < -0.39 is 5.91 Å². The van der Waals surface area contributed by atoms with Crippen molar-refractivity contribution >= 4 is 73.7 Å². The van der Waals surface area contributed by atoms with Crippen molar-refractivity contribution in [2.75, 3.05) is 0 Å². The first-order chi connectivity index (χ1) is 12.0. The van der Waals surface area contributed by atoms with Gasteiger partial charge in [-0.1, -0.05) is 57.5 Å². The molecule has 1 fully saturated rings. The van der Waals surface area contributed by atoms with Crippen LogP contribution in [0.1, 0.15) is 15.9 Å². The van der Waals surface area contributed by atoms with Crippen molar-refractivity contribution in [1.82, 2.24) is 10.4 Å². The van der Waals surface area contributed by atoms with Gasteiger partial charge in [-0.2, -0.15) is 5.01 Å². The summed E-state index contributed by atoms with van der Waals surface area (Å²) in [5.74, 6) is -0.803. The van der Waals surface area contributed by atoms with Gasteiger partial charge >= 0.3 is 0 Å². The first-order valence-electron chi connectivity index (χ1n) is 7.05. The lowest BCUT2D eigenvalue weighted by molar-refractivity contribution is -0.123. The SMILES string of the molecule is O=C(NN1C(=O)C(=Cc2ccccc2Cl)SC1=S)c1ccc(Br)cc1. The molecule has 0 atom stereocenters. The first-order valence-corrected chi connectivity index (χ1v) is 9.44. The molecule has 0 unspecified atom stereocenters. The molecule has 0 saturated carbocycles. The van der Waals surface area contributed by atoms with E-state index in [1.165, 1.54) is 0 Å². The molecule has 2 aromatic carbocycles. The van der Waals surface area contributed by atoms with Gasteiger partial charge in [0.05, 0.1) is 4.91 Å². The number of thioether (sulfide) groups is 1. The predicted octanol–water partition coefficient (Wildman–Crippen LogP) is 4.65. The van der Waals surface area contributed by atoms with Crippen LogP contribution in [-0.4, -0.2) is 21.1 Å². The quantitative estimate of drug-likeness (QED) is 0.543. The average molecular weight is 454 g/mol. The maximum atomic E-state index is 12.5. The van der Waals surface area contributed by atoms with Crippen LogP contribution in [0, 0.1) is 0 Å². The number of carbonyl (C=O) groups excluding carboxylic acids is 2. The van der Waals surface area contributed by atoms with E-state index in [4.69, 9.17) is 23.8 Å². The van der Waals surface area contributed by atoms with Gasteiger partial charge in [-0.25, -0.2) is 0 Å². The number of hydrogen-bond donors (Lipinski definition) is 1. The minimum Gasteiger partial charge on any atom is -0.267 e. The van der Waals surface area contributed by atoms with Crippen molar-refractivity contribution in [3.8, 4) is 0 Å². The second-order valence-corrected chi connectivity index (χ2v) is 7.99. The summed E-state index contributed by atoms with van der Waals surface area (Å²) in [5.41, 5.74) is 3.67. The number of hydrogen-bond acceptors (Lipinski definition) is 4. The Hall–Kier alpha value is -1.67. The Bertz CT molecular complexity index is 900. The molecule has 2 amide bonds. The van der Waals surface area contributed by atoms with Crippen LogP contribution in [-0.2, 0) is 4.79 Å². The van der Waals surface area contributed by atoms with Gasteiger partial charge in [0.15, 0.2) is 4.32 Å². The monoisotopic (exact) mass is 452 g/mol. The lowest BCUT2D eigenvalue weighted by Gasteiger charge is -2.15. The zero-order valence-electron chi connectivity index (χ0n) is 12.5. The van der Waals surface area contributed by atoms with Gasteiger partial charge < -0.3 is 0 Å². The zero-order chi connectivity index (χ0) is 18.0. The number of nitrogens with zero attached hydrogens (tertiary/aromatic N) is 1. The fourth-order valence-corrected chi connectivity index (χ4v) is 3.69. The predicted molar refractivity (Wildman–Crippen MR) is 108 cm³/mol. The highest BCUT2D eigenvalue weighted by atomic mass is 79.9. The molecule has 1 saturated heterocycles. The normalized spacial score (nSPS) is 15.8. The van der Waals surface area contributed by atoms with Gasteiger partial charge in [0.2, 0.25) is 0 Å². The molecule has 2 aromatic rings. The molecule has 0 bridgehead atoms. The smallest absolute Gasteiger partial charge is 0.267 e. The molecule has 3 rings (SSSR count). The van der Waals surface area contributed by atoms with Crippen molar-refractivity contribution in [3.63, 3.8) is 0 Å². The maximum Gasteiger partial charge on any atom is 0.285 e. The number of thiocarbonyl (C=S) groups is 1. The van der Waals surface area contributed by atoms with Crippen LogP contribution in [0.4, 0.5) is 0 Å². The Morgan fingerprint density at radius 1 is 1.20 bits per heavy atom. The number of rotatable bonds is 3. The van der Waals surface area contributed by atoms with Crippen LogP contribution >= 0.6 is 51.5 Å². The highest BCUT2D eigenvalue weighted by Gasteiger charge is 2.33.